The highest BCUT2D eigenvalue weighted by Crippen LogP contribution is 2.51. The third kappa shape index (κ3) is 6.71. The molecule has 10 heteroatoms. The monoisotopic (exact) mass is 730 g/mol. The van der Waals surface area contributed by atoms with Gasteiger partial charge in [-0.2, -0.15) is 0 Å². The highest BCUT2D eigenvalue weighted by molar-refractivity contribution is 5.94. The van der Waals surface area contributed by atoms with E-state index < -0.39 is 11.8 Å². The summed E-state index contributed by atoms with van der Waals surface area (Å²) in [6.45, 7) is 1.71. The number of benzene rings is 5. The van der Waals surface area contributed by atoms with Crippen LogP contribution in [0, 0.1) is 5.82 Å². The second-order valence-corrected chi connectivity index (χ2v) is 14.1. The van der Waals surface area contributed by atoms with Crippen molar-refractivity contribution in [3.8, 4) is 46.0 Å². The van der Waals surface area contributed by atoms with Crippen LogP contribution >= 0.6 is 0 Å². The molecule has 4 aliphatic heterocycles. The Balaban J connectivity index is 1.29. The number of nitrogens with zero attached hydrogens (tertiary/aromatic N) is 2. The molecule has 6 bridgehead atoms. The van der Waals surface area contributed by atoms with Crippen LogP contribution in [0.5, 0.6) is 46.0 Å². The Hall–Kier alpha value is -5.58. The molecule has 5 aromatic rings. The van der Waals surface area contributed by atoms with Gasteiger partial charge >= 0.3 is 5.97 Å². The lowest BCUT2D eigenvalue weighted by atomic mass is 9.87. The Morgan fingerprint density at radius 3 is 2.09 bits per heavy atom. The molecule has 278 valence electrons. The average molecular weight is 731 g/mol. The van der Waals surface area contributed by atoms with E-state index in [1.165, 1.54) is 29.8 Å². The number of esters is 1. The van der Waals surface area contributed by atoms with Gasteiger partial charge in [0.1, 0.15) is 28.6 Å². The predicted octanol–water partition coefficient (Wildman–Crippen LogP) is 8.51. The third-order valence-corrected chi connectivity index (χ3v) is 10.9. The van der Waals surface area contributed by atoms with Gasteiger partial charge in [-0.3, -0.25) is 9.80 Å². The highest BCUT2D eigenvalue weighted by atomic mass is 19.1. The van der Waals surface area contributed by atoms with Gasteiger partial charge in [-0.15, -0.1) is 0 Å². The molecule has 4 aliphatic rings. The van der Waals surface area contributed by atoms with Gasteiger partial charge in [-0.1, -0.05) is 18.2 Å². The minimum Gasteiger partial charge on any atom is -0.493 e. The highest BCUT2D eigenvalue weighted by Gasteiger charge is 2.35. The fraction of sp³-hybridized carbons (Fsp3) is 0.295. The first-order valence-electron chi connectivity index (χ1n) is 18.2. The van der Waals surface area contributed by atoms with Gasteiger partial charge in [-0.05, 0) is 134 Å². The lowest BCUT2D eigenvalue weighted by molar-refractivity contribution is 0.0732. The van der Waals surface area contributed by atoms with Gasteiger partial charge in [0.2, 0.25) is 5.75 Å². The number of carbonyl (C=O) groups excluding carboxylic acids is 1. The van der Waals surface area contributed by atoms with Crippen molar-refractivity contribution < 1.29 is 37.6 Å². The smallest absolute Gasteiger partial charge is 0.347 e. The maximum absolute atomic E-state index is 13.6. The van der Waals surface area contributed by atoms with Crippen molar-refractivity contribution >= 4 is 5.97 Å². The van der Waals surface area contributed by atoms with Crippen LogP contribution in [0.4, 0.5) is 4.39 Å². The Kier molecular flexibility index (Phi) is 9.64. The summed E-state index contributed by atoms with van der Waals surface area (Å²) in [6.07, 6.45) is 2.99. The van der Waals surface area contributed by atoms with Crippen LogP contribution < -0.4 is 28.4 Å². The molecule has 0 aromatic heterocycles. The van der Waals surface area contributed by atoms with Crippen molar-refractivity contribution in [2.75, 3.05) is 48.5 Å². The van der Waals surface area contributed by atoms with Crippen molar-refractivity contribution in [3.63, 3.8) is 0 Å². The zero-order chi connectivity index (χ0) is 37.5. The molecule has 0 saturated carbocycles. The van der Waals surface area contributed by atoms with Gasteiger partial charge < -0.3 is 28.4 Å². The fourth-order valence-electron chi connectivity index (χ4n) is 7.96. The van der Waals surface area contributed by atoms with E-state index in [0.717, 1.165) is 53.7 Å². The summed E-state index contributed by atoms with van der Waals surface area (Å²) in [5.41, 5.74) is 6.83. The maximum atomic E-state index is 13.6. The molecule has 2 atom stereocenters. The first-order chi connectivity index (χ1) is 26.2. The van der Waals surface area contributed by atoms with Gasteiger partial charge in [-0.25, -0.2) is 9.18 Å². The maximum Gasteiger partial charge on any atom is 0.347 e. The molecule has 9 nitrogen and oxygen atoms in total. The molecule has 5 aromatic carbocycles. The lowest BCUT2D eigenvalue weighted by Crippen LogP contribution is -2.34. The number of methoxy groups -OCH3 is 3. The molecular weight excluding hydrogens is 687 g/mol. The third-order valence-electron chi connectivity index (χ3n) is 10.9. The van der Waals surface area contributed by atoms with E-state index in [-0.39, 0.29) is 23.4 Å². The van der Waals surface area contributed by atoms with Crippen LogP contribution in [-0.4, -0.2) is 64.3 Å². The van der Waals surface area contributed by atoms with Crippen LogP contribution in [0.3, 0.4) is 0 Å². The van der Waals surface area contributed by atoms with Crippen LogP contribution in [0.25, 0.3) is 0 Å². The van der Waals surface area contributed by atoms with E-state index in [1.54, 1.807) is 27.4 Å². The second kappa shape index (κ2) is 14.7. The van der Waals surface area contributed by atoms with E-state index in [9.17, 15) is 9.18 Å². The number of fused-ring (bicyclic) bond motifs is 2. The van der Waals surface area contributed by atoms with Gasteiger partial charge in [0.05, 0.1) is 21.3 Å². The van der Waals surface area contributed by atoms with Gasteiger partial charge in [0, 0.05) is 30.7 Å². The number of likely N-dealkylation sites (N-methyl/N-ethyl adjacent to an activating group) is 2. The number of ether oxygens (including phenoxy) is 6. The summed E-state index contributed by atoms with van der Waals surface area (Å²) in [7, 11) is 9.23. The topological polar surface area (TPSA) is 78.9 Å². The minimum atomic E-state index is -0.599. The van der Waals surface area contributed by atoms with Crippen LogP contribution in [0.2, 0.25) is 0 Å². The molecule has 0 fully saturated rings. The normalized spacial score (nSPS) is 18.0. The van der Waals surface area contributed by atoms with Crippen LogP contribution in [-0.2, 0) is 25.7 Å². The number of halogens is 1. The van der Waals surface area contributed by atoms with Crippen molar-refractivity contribution in [1.82, 2.24) is 9.80 Å². The van der Waals surface area contributed by atoms with E-state index in [2.05, 4.69) is 42.1 Å². The van der Waals surface area contributed by atoms with E-state index >= 15 is 0 Å². The molecule has 0 saturated heterocycles. The summed E-state index contributed by atoms with van der Waals surface area (Å²) in [5.74, 6) is 3.19. The molecule has 0 N–H and O–H groups in total. The van der Waals surface area contributed by atoms with Crippen molar-refractivity contribution in [2.45, 2.75) is 37.8 Å². The minimum absolute atomic E-state index is 0.0231. The largest absolute Gasteiger partial charge is 0.493 e. The van der Waals surface area contributed by atoms with Gasteiger partial charge in [0.15, 0.2) is 23.0 Å². The van der Waals surface area contributed by atoms with E-state index in [0.29, 0.717) is 53.1 Å². The molecule has 54 heavy (non-hydrogen) atoms. The standard InChI is InChI=1S/C44H43FN2O7/c1-46-18-16-28-23-38(49-3)39-25-34(28)35(46)21-27-8-15-33(44(48)53-32-13-9-30(45)10-14-32)37(22-27)52-31-11-6-26(7-12-31)20-36-41-29(17-19-47(36)2)24-40(50-4)42(51-5)43(41)54-39/h6-15,22-25,35-36H,16-21H2,1-5H3/t35-,36+/m1/s1. The summed E-state index contributed by atoms with van der Waals surface area (Å²) in [4.78, 5) is 18.3. The summed E-state index contributed by atoms with van der Waals surface area (Å²) in [5, 5.41) is 0. The number of hydrogen-bond acceptors (Lipinski definition) is 9. The first-order valence-corrected chi connectivity index (χ1v) is 18.2. The zero-order valence-electron chi connectivity index (χ0n) is 31.1. The molecule has 9 rings (SSSR count). The van der Waals surface area contributed by atoms with Crippen molar-refractivity contribution in [3.05, 3.63) is 130 Å². The Bertz CT molecular complexity index is 2210. The Morgan fingerprint density at radius 1 is 0.704 bits per heavy atom. The molecule has 4 heterocycles. The fourth-order valence-corrected chi connectivity index (χ4v) is 7.96. The SMILES string of the molecule is COc1cc2c3cc1Oc1c(OC)c(OC)cc4c1[C@H](Cc1ccc(cc1)Oc1cc(ccc1C(=O)Oc1ccc(F)cc1)C[C@H]3N(C)CC2)N(C)CC4. The Morgan fingerprint density at radius 2 is 1.37 bits per heavy atom. The average Bonchev–Trinajstić information content (AvgIpc) is 3.18. The zero-order valence-corrected chi connectivity index (χ0v) is 31.1. The summed E-state index contributed by atoms with van der Waals surface area (Å²) >= 11 is 0. The van der Waals surface area contributed by atoms with Crippen molar-refractivity contribution in [1.29, 1.82) is 0 Å². The molecule has 0 amide bonds. The molecular formula is C44H43FN2O7. The molecule has 0 radical (unpaired) electrons. The molecule has 0 spiro atoms. The van der Waals surface area contributed by atoms with Crippen LogP contribution in [0.1, 0.15) is 55.8 Å². The molecule has 0 aliphatic carbocycles. The summed E-state index contributed by atoms with van der Waals surface area (Å²) < 4.78 is 50.7. The second-order valence-electron chi connectivity index (χ2n) is 14.1. The quantitative estimate of drug-likeness (QED) is 0.131. The van der Waals surface area contributed by atoms with Gasteiger partial charge in [0.25, 0.3) is 0 Å². The number of hydrogen-bond donors (Lipinski definition) is 0. The summed E-state index contributed by atoms with van der Waals surface area (Å²) in [6, 6.07) is 25.1. The number of carbonyl (C=O) groups is 1. The number of rotatable bonds is 5. The predicted molar refractivity (Wildman–Crippen MR) is 202 cm³/mol. The van der Waals surface area contributed by atoms with Crippen LogP contribution in [0.15, 0.2) is 84.9 Å². The lowest BCUT2D eigenvalue weighted by Gasteiger charge is -2.37. The first kappa shape index (κ1) is 35.4. The Labute approximate surface area is 314 Å². The van der Waals surface area contributed by atoms with Crippen molar-refractivity contribution in [2.24, 2.45) is 0 Å². The van der Waals surface area contributed by atoms with E-state index in [4.69, 9.17) is 28.4 Å². The molecule has 0 unspecified atom stereocenters. The van der Waals surface area contributed by atoms with E-state index in [1.807, 2.05) is 36.4 Å².